The van der Waals surface area contributed by atoms with Crippen LogP contribution in [0.25, 0.3) is 0 Å². The molecule has 1 aliphatic heterocycles. The third kappa shape index (κ3) is 3.02. The molecule has 2 rings (SSSR count). The number of hydrogen-bond donors (Lipinski definition) is 3. The summed E-state index contributed by atoms with van der Waals surface area (Å²) in [6, 6.07) is 5.83. The first kappa shape index (κ1) is 14.6. The fourth-order valence-electron chi connectivity index (χ4n) is 2.27. The van der Waals surface area contributed by atoms with Gasteiger partial charge in [0.2, 0.25) is 0 Å². The third-order valence-electron chi connectivity index (χ3n) is 3.52. The van der Waals surface area contributed by atoms with E-state index in [0.717, 1.165) is 17.0 Å². The number of nitrogens with zero attached hydrogens (tertiary/aromatic N) is 1. The van der Waals surface area contributed by atoms with E-state index >= 15 is 0 Å². The Morgan fingerprint density at radius 1 is 1.55 bits per heavy atom. The van der Waals surface area contributed by atoms with Gasteiger partial charge in [0.15, 0.2) is 0 Å². The topological polar surface area (TPSA) is 93.6 Å². The summed E-state index contributed by atoms with van der Waals surface area (Å²) in [6.07, 6.45) is 0.0427. The van der Waals surface area contributed by atoms with Crippen molar-refractivity contribution in [2.24, 2.45) is 17.5 Å². The Bertz CT molecular complexity index is 490. The fraction of sp³-hybridized carbons (Fsp3) is 0.500. The van der Waals surface area contributed by atoms with Crippen LogP contribution in [0.4, 0.5) is 5.69 Å². The van der Waals surface area contributed by atoms with Crippen LogP contribution in [0.3, 0.4) is 0 Å². The van der Waals surface area contributed by atoms with Gasteiger partial charge >= 0.3 is 0 Å². The molecule has 0 saturated heterocycles. The Labute approximate surface area is 119 Å². The van der Waals surface area contributed by atoms with Crippen LogP contribution in [0, 0.1) is 5.92 Å². The minimum Gasteiger partial charge on any atom is -0.486 e. The smallest absolute Gasteiger partial charge is 0.253 e. The first-order chi connectivity index (χ1) is 9.55. The van der Waals surface area contributed by atoms with E-state index in [9.17, 15) is 4.79 Å². The van der Waals surface area contributed by atoms with Gasteiger partial charge in [0.1, 0.15) is 11.9 Å². The zero-order chi connectivity index (χ0) is 14.7. The van der Waals surface area contributed by atoms with E-state index in [1.54, 1.807) is 0 Å². The molecular weight excluding hydrogens is 256 g/mol. The number of rotatable bonds is 4. The lowest BCUT2D eigenvalue weighted by Gasteiger charge is -2.37. The number of nitrogens with two attached hydrogens (primary N) is 2. The molecule has 6 heteroatoms. The molecule has 5 N–H and O–H groups in total. The second-order valence-electron chi connectivity index (χ2n) is 5.35. The van der Waals surface area contributed by atoms with Gasteiger partial charge in [-0.25, -0.2) is 5.84 Å². The molecule has 1 unspecified atom stereocenters. The summed E-state index contributed by atoms with van der Waals surface area (Å²) in [5, 5.41) is 0. The van der Waals surface area contributed by atoms with Crippen molar-refractivity contribution in [1.82, 2.24) is 5.43 Å². The molecule has 1 aromatic rings. The Morgan fingerprint density at radius 2 is 2.30 bits per heavy atom. The molecule has 1 atom stereocenters. The minimum absolute atomic E-state index is 0.0427. The van der Waals surface area contributed by atoms with Crippen LogP contribution >= 0.6 is 0 Å². The normalized spacial score (nSPS) is 17.6. The Hall–Kier alpha value is -1.79. The van der Waals surface area contributed by atoms with Gasteiger partial charge in [-0.2, -0.15) is 0 Å². The monoisotopic (exact) mass is 278 g/mol. The van der Waals surface area contributed by atoms with Gasteiger partial charge in [0, 0.05) is 6.54 Å². The second-order valence-corrected chi connectivity index (χ2v) is 5.35. The van der Waals surface area contributed by atoms with E-state index in [1.807, 2.05) is 23.1 Å². The van der Waals surface area contributed by atoms with Crippen molar-refractivity contribution in [3.63, 3.8) is 0 Å². The summed E-state index contributed by atoms with van der Waals surface area (Å²) in [6.45, 7) is 5.55. The lowest BCUT2D eigenvalue weighted by Crippen LogP contribution is -2.48. The quantitative estimate of drug-likeness (QED) is 0.420. The van der Waals surface area contributed by atoms with E-state index in [1.165, 1.54) is 0 Å². The lowest BCUT2D eigenvalue weighted by atomic mass is 10.0. The van der Waals surface area contributed by atoms with Gasteiger partial charge in [-0.3, -0.25) is 10.2 Å². The highest BCUT2D eigenvalue weighted by Gasteiger charge is 2.28. The summed E-state index contributed by atoms with van der Waals surface area (Å²) in [4.78, 5) is 13.5. The Morgan fingerprint density at radius 3 is 2.90 bits per heavy atom. The van der Waals surface area contributed by atoms with Crippen LogP contribution in [0.5, 0.6) is 5.75 Å². The predicted octanol–water partition coefficient (Wildman–Crippen LogP) is 0.359. The van der Waals surface area contributed by atoms with E-state index in [2.05, 4.69) is 19.3 Å². The number of amides is 1. The predicted molar refractivity (Wildman–Crippen MR) is 78.1 cm³/mol. The first-order valence-electron chi connectivity index (χ1n) is 6.79. The van der Waals surface area contributed by atoms with Crippen LogP contribution in [0.1, 0.15) is 19.4 Å². The molecule has 20 heavy (non-hydrogen) atoms. The average molecular weight is 278 g/mol. The number of fused-ring (bicyclic) bond motifs is 1. The van der Waals surface area contributed by atoms with Gasteiger partial charge in [-0.05, 0) is 23.6 Å². The van der Waals surface area contributed by atoms with Gasteiger partial charge in [-0.1, -0.05) is 19.9 Å². The van der Waals surface area contributed by atoms with Gasteiger partial charge in [0.25, 0.3) is 5.91 Å². The molecule has 1 heterocycles. The number of benzene rings is 1. The summed E-state index contributed by atoms with van der Waals surface area (Å²) in [5.74, 6) is 6.09. The molecule has 0 fully saturated rings. The van der Waals surface area contributed by atoms with Gasteiger partial charge < -0.3 is 15.4 Å². The van der Waals surface area contributed by atoms with Gasteiger partial charge in [-0.15, -0.1) is 0 Å². The van der Waals surface area contributed by atoms with Crippen LogP contribution in [0.15, 0.2) is 18.2 Å². The van der Waals surface area contributed by atoms with Crippen molar-refractivity contribution in [3.8, 4) is 5.75 Å². The summed E-state index contributed by atoms with van der Waals surface area (Å²) in [7, 11) is 0. The number of hydrogen-bond acceptors (Lipinski definition) is 5. The van der Waals surface area contributed by atoms with Crippen molar-refractivity contribution in [3.05, 3.63) is 23.8 Å². The standard InChI is InChI=1S/C14H22N4O2/c1-9(2)13-7-18(8-14(19)17-16)11-4-3-10(6-15)5-12(11)20-13/h3-5,9,13H,6-8,15-16H2,1-2H3,(H,17,19). The van der Waals surface area contributed by atoms with Crippen LogP contribution in [-0.4, -0.2) is 25.1 Å². The Balaban J connectivity index is 2.31. The highest BCUT2D eigenvalue weighted by Crippen LogP contribution is 2.35. The lowest BCUT2D eigenvalue weighted by molar-refractivity contribution is -0.119. The molecule has 0 saturated carbocycles. The van der Waals surface area contributed by atoms with Crippen molar-refractivity contribution in [1.29, 1.82) is 0 Å². The maximum absolute atomic E-state index is 11.6. The van der Waals surface area contributed by atoms with Crippen molar-refractivity contribution < 1.29 is 9.53 Å². The molecule has 0 aliphatic carbocycles. The number of hydrazine groups is 1. The second kappa shape index (κ2) is 6.11. The molecule has 1 aliphatic rings. The molecule has 0 aromatic heterocycles. The molecule has 1 aromatic carbocycles. The average Bonchev–Trinajstić information content (AvgIpc) is 2.45. The van der Waals surface area contributed by atoms with E-state index < -0.39 is 0 Å². The zero-order valence-corrected chi connectivity index (χ0v) is 11.9. The molecule has 6 nitrogen and oxygen atoms in total. The SMILES string of the molecule is CC(C)C1CN(CC(=O)NN)c2ccc(CN)cc2O1. The van der Waals surface area contributed by atoms with Crippen LogP contribution in [0.2, 0.25) is 0 Å². The zero-order valence-electron chi connectivity index (χ0n) is 11.9. The van der Waals surface area contributed by atoms with Crippen molar-refractivity contribution in [2.75, 3.05) is 18.0 Å². The number of carbonyl (C=O) groups excluding carboxylic acids is 1. The molecule has 0 spiro atoms. The third-order valence-corrected chi connectivity index (χ3v) is 3.52. The largest absolute Gasteiger partial charge is 0.486 e. The van der Waals surface area contributed by atoms with E-state index in [0.29, 0.717) is 19.0 Å². The summed E-state index contributed by atoms with van der Waals surface area (Å²) >= 11 is 0. The van der Waals surface area contributed by atoms with Crippen LogP contribution in [-0.2, 0) is 11.3 Å². The van der Waals surface area contributed by atoms with Crippen LogP contribution < -0.4 is 26.6 Å². The highest BCUT2D eigenvalue weighted by atomic mass is 16.5. The fourth-order valence-corrected chi connectivity index (χ4v) is 2.27. The molecule has 0 radical (unpaired) electrons. The number of ether oxygens (including phenoxy) is 1. The highest BCUT2D eigenvalue weighted by molar-refractivity contribution is 5.81. The first-order valence-corrected chi connectivity index (χ1v) is 6.79. The van der Waals surface area contributed by atoms with E-state index in [-0.39, 0.29) is 18.6 Å². The number of anilines is 1. The maximum Gasteiger partial charge on any atom is 0.253 e. The molecule has 110 valence electrons. The molecular formula is C14H22N4O2. The molecule has 0 bridgehead atoms. The molecule has 1 amide bonds. The van der Waals surface area contributed by atoms with E-state index in [4.69, 9.17) is 16.3 Å². The van der Waals surface area contributed by atoms with Gasteiger partial charge in [0.05, 0.1) is 18.8 Å². The number of nitrogens with one attached hydrogen (secondary N) is 1. The summed E-state index contributed by atoms with van der Waals surface area (Å²) in [5.41, 5.74) is 9.75. The van der Waals surface area contributed by atoms with Crippen molar-refractivity contribution >= 4 is 11.6 Å². The number of carbonyl (C=O) groups is 1. The summed E-state index contributed by atoms with van der Waals surface area (Å²) < 4.78 is 6.02. The van der Waals surface area contributed by atoms with Crippen molar-refractivity contribution in [2.45, 2.75) is 26.5 Å². The maximum atomic E-state index is 11.6. The minimum atomic E-state index is -0.219. The Kier molecular flexibility index (Phi) is 4.46.